The lowest BCUT2D eigenvalue weighted by atomic mass is 9.96. The summed E-state index contributed by atoms with van der Waals surface area (Å²) in [6.45, 7) is 3.00. The molecule has 5 heteroatoms. The monoisotopic (exact) mass is 327 g/mol. The minimum atomic E-state index is -0.147. The Morgan fingerprint density at radius 2 is 2.16 bits per heavy atom. The average molecular weight is 328 g/mol. The van der Waals surface area contributed by atoms with Gasteiger partial charge in [0.25, 0.3) is 0 Å². The number of carbonyl (C=O) groups excluding carboxylic acids is 1. The van der Waals surface area contributed by atoms with E-state index in [1.807, 2.05) is 6.07 Å². The number of amides is 1. The van der Waals surface area contributed by atoms with E-state index < -0.39 is 0 Å². The number of rotatable bonds is 4. The molecule has 4 nitrogen and oxygen atoms in total. The molecule has 1 aliphatic rings. The number of hydrogen-bond acceptors (Lipinski definition) is 2. The lowest BCUT2D eigenvalue weighted by Gasteiger charge is -2.27. The van der Waals surface area contributed by atoms with Crippen molar-refractivity contribution in [2.24, 2.45) is 11.7 Å². The highest BCUT2D eigenvalue weighted by Gasteiger charge is 2.25. The maximum absolute atomic E-state index is 11.1. The van der Waals surface area contributed by atoms with Gasteiger partial charge in [-0.2, -0.15) is 0 Å². The Bertz CT molecular complexity index is 457. The first-order chi connectivity index (χ1) is 9.10. The second-order valence-electron chi connectivity index (χ2n) is 5.07. The number of halogens is 1. The highest BCUT2D eigenvalue weighted by molar-refractivity contribution is 9.10. The van der Waals surface area contributed by atoms with E-state index in [0.717, 1.165) is 42.7 Å². The van der Waals surface area contributed by atoms with Gasteiger partial charge in [0.1, 0.15) is 12.3 Å². The van der Waals surface area contributed by atoms with E-state index in [2.05, 4.69) is 28.1 Å². The van der Waals surface area contributed by atoms with Gasteiger partial charge in [-0.3, -0.25) is 4.79 Å². The van der Waals surface area contributed by atoms with Crippen LogP contribution in [0.15, 0.2) is 22.7 Å². The van der Waals surface area contributed by atoms with Crippen molar-refractivity contribution >= 4 is 21.8 Å². The number of methoxy groups -OCH3 is 1. The molecule has 0 radical (unpaired) electrons. The number of carbonyl (C=O) groups is 1. The number of nitrogens with one attached hydrogen (secondary N) is 1. The van der Waals surface area contributed by atoms with Gasteiger partial charge in [0.2, 0.25) is 5.91 Å². The van der Waals surface area contributed by atoms with Crippen LogP contribution in [0.5, 0.6) is 5.75 Å². The van der Waals surface area contributed by atoms with Gasteiger partial charge in [0.15, 0.2) is 0 Å². The van der Waals surface area contributed by atoms with Crippen LogP contribution in [0.4, 0.5) is 0 Å². The second kappa shape index (κ2) is 6.39. The minimum absolute atomic E-state index is 0.0753. The standard InChI is InChI=1S/C14H19BrN2O2/c1-19-13-3-2-10(8-12(13)15)9-17-6-4-11(5-7-17)14(16)18/h2-3,8,11H,4-7,9H2,1H3,(H2,16,18)/p+1. The Hall–Kier alpha value is -1.07. The van der Waals surface area contributed by atoms with Crippen molar-refractivity contribution in [1.82, 2.24) is 0 Å². The normalized spacial score (nSPS) is 23.1. The van der Waals surface area contributed by atoms with Crippen LogP contribution in [-0.2, 0) is 11.3 Å². The summed E-state index contributed by atoms with van der Waals surface area (Å²) < 4.78 is 6.21. The summed E-state index contributed by atoms with van der Waals surface area (Å²) in [5, 5.41) is 0. The predicted molar refractivity (Wildman–Crippen MR) is 77.0 cm³/mol. The summed E-state index contributed by atoms with van der Waals surface area (Å²) in [6.07, 6.45) is 1.81. The van der Waals surface area contributed by atoms with Gasteiger partial charge < -0.3 is 15.4 Å². The minimum Gasteiger partial charge on any atom is -0.496 e. The van der Waals surface area contributed by atoms with Crippen LogP contribution < -0.4 is 15.4 Å². The van der Waals surface area contributed by atoms with E-state index >= 15 is 0 Å². The van der Waals surface area contributed by atoms with Crippen molar-refractivity contribution in [1.29, 1.82) is 0 Å². The lowest BCUT2D eigenvalue weighted by Crippen LogP contribution is -3.11. The van der Waals surface area contributed by atoms with E-state index in [-0.39, 0.29) is 11.8 Å². The van der Waals surface area contributed by atoms with E-state index in [4.69, 9.17) is 10.5 Å². The molecule has 0 spiro atoms. The fraction of sp³-hybridized carbons (Fsp3) is 0.500. The molecule has 19 heavy (non-hydrogen) atoms. The fourth-order valence-corrected chi connectivity index (χ4v) is 3.18. The molecule has 2 rings (SSSR count). The van der Waals surface area contributed by atoms with Crippen LogP contribution in [0.2, 0.25) is 0 Å². The zero-order valence-electron chi connectivity index (χ0n) is 11.1. The van der Waals surface area contributed by atoms with Crippen LogP contribution in [0.25, 0.3) is 0 Å². The summed E-state index contributed by atoms with van der Waals surface area (Å²) in [4.78, 5) is 12.6. The van der Waals surface area contributed by atoms with Crippen molar-refractivity contribution in [2.75, 3.05) is 20.2 Å². The Labute approximate surface area is 122 Å². The number of ether oxygens (including phenoxy) is 1. The van der Waals surface area contributed by atoms with E-state index in [9.17, 15) is 4.79 Å². The van der Waals surface area contributed by atoms with Crippen molar-refractivity contribution in [2.45, 2.75) is 19.4 Å². The molecule has 0 bridgehead atoms. The number of likely N-dealkylation sites (tertiary alicyclic amines) is 1. The lowest BCUT2D eigenvalue weighted by molar-refractivity contribution is -0.919. The smallest absolute Gasteiger partial charge is 0.220 e. The number of hydrogen-bond donors (Lipinski definition) is 2. The molecular formula is C14H20BrN2O2+. The van der Waals surface area contributed by atoms with E-state index in [1.165, 1.54) is 10.5 Å². The van der Waals surface area contributed by atoms with Gasteiger partial charge in [-0.1, -0.05) is 0 Å². The molecular weight excluding hydrogens is 308 g/mol. The molecule has 1 aromatic carbocycles. The van der Waals surface area contributed by atoms with Gasteiger partial charge in [-0.25, -0.2) is 0 Å². The van der Waals surface area contributed by atoms with Crippen LogP contribution >= 0.6 is 15.9 Å². The SMILES string of the molecule is COc1ccc(C[NH+]2CCC(C(N)=O)CC2)cc1Br. The highest BCUT2D eigenvalue weighted by atomic mass is 79.9. The zero-order chi connectivity index (χ0) is 13.8. The fourth-order valence-electron chi connectivity index (χ4n) is 2.60. The summed E-state index contributed by atoms with van der Waals surface area (Å²) in [6, 6.07) is 6.18. The maximum atomic E-state index is 11.1. The van der Waals surface area contributed by atoms with Crippen molar-refractivity contribution < 1.29 is 14.4 Å². The average Bonchev–Trinajstić information content (AvgIpc) is 2.39. The zero-order valence-corrected chi connectivity index (χ0v) is 12.7. The van der Waals surface area contributed by atoms with Gasteiger partial charge in [-0.15, -0.1) is 0 Å². The molecule has 0 aliphatic carbocycles. The molecule has 0 atom stereocenters. The molecule has 1 aromatic rings. The first-order valence-electron chi connectivity index (χ1n) is 6.55. The Morgan fingerprint density at radius 1 is 1.47 bits per heavy atom. The van der Waals surface area contributed by atoms with Crippen LogP contribution in [0, 0.1) is 5.92 Å². The van der Waals surface area contributed by atoms with Crippen LogP contribution in [-0.4, -0.2) is 26.1 Å². The van der Waals surface area contributed by atoms with Crippen molar-refractivity contribution in [3.8, 4) is 5.75 Å². The number of benzene rings is 1. The molecule has 1 aliphatic heterocycles. The molecule has 3 N–H and O–H groups in total. The van der Waals surface area contributed by atoms with Crippen LogP contribution in [0.1, 0.15) is 18.4 Å². The van der Waals surface area contributed by atoms with Gasteiger partial charge in [-0.05, 0) is 34.1 Å². The molecule has 104 valence electrons. The first kappa shape index (κ1) is 14.3. The van der Waals surface area contributed by atoms with Crippen molar-refractivity contribution in [3.63, 3.8) is 0 Å². The number of primary amides is 1. The third kappa shape index (κ3) is 3.70. The second-order valence-corrected chi connectivity index (χ2v) is 5.93. The molecule has 1 saturated heterocycles. The molecule has 0 aromatic heterocycles. The van der Waals surface area contributed by atoms with E-state index in [1.54, 1.807) is 7.11 Å². The Morgan fingerprint density at radius 3 is 2.68 bits per heavy atom. The van der Waals surface area contributed by atoms with Gasteiger partial charge in [0, 0.05) is 24.3 Å². The molecule has 1 heterocycles. The largest absolute Gasteiger partial charge is 0.496 e. The summed E-state index contributed by atoms with van der Waals surface area (Å²) in [5.41, 5.74) is 6.63. The van der Waals surface area contributed by atoms with E-state index in [0.29, 0.717) is 0 Å². The molecule has 0 unspecified atom stereocenters. The van der Waals surface area contributed by atoms with Crippen molar-refractivity contribution in [3.05, 3.63) is 28.2 Å². The number of quaternary nitrogens is 1. The van der Waals surface area contributed by atoms with Gasteiger partial charge in [0.05, 0.1) is 24.7 Å². The molecule has 0 saturated carbocycles. The molecule has 1 fully saturated rings. The third-order valence-corrected chi connectivity index (χ3v) is 4.39. The Balaban J connectivity index is 1.92. The summed E-state index contributed by atoms with van der Waals surface area (Å²) in [7, 11) is 1.67. The number of nitrogens with two attached hydrogens (primary N) is 1. The first-order valence-corrected chi connectivity index (χ1v) is 7.34. The quantitative estimate of drug-likeness (QED) is 0.857. The third-order valence-electron chi connectivity index (χ3n) is 3.77. The molecule has 1 amide bonds. The Kier molecular flexibility index (Phi) is 4.82. The number of piperidine rings is 1. The summed E-state index contributed by atoms with van der Waals surface area (Å²) >= 11 is 3.51. The topological polar surface area (TPSA) is 56.8 Å². The van der Waals surface area contributed by atoms with Gasteiger partial charge >= 0.3 is 0 Å². The summed E-state index contributed by atoms with van der Waals surface area (Å²) in [5.74, 6) is 0.781. The van der Waals surface area contributed by atoms with Crippen LogP contribution in [0.3, 0.4) is 0 Å². The predicted octanol–water partition coefficient (Wildman–Crippen LogP) is 0.738. The highest BCUT2D eigenvalue weighted by Crippen LogP contribution is 2.25. The maximum Gasteiger partial charge on any atom is 0.220 e.